The van der Waals surface area contributed by atoms with Gasteiger partial charge < -0.3 is 14.8 Å². The van der Waals surface area contributed by atoms with Gasteiger partial charge in [-0.1, -0.05) is 0 Å². The smallest absolute Gasteiger partial charge is 0.0900 e. The molecule has 0 radical (unpaired) electrons. The van der Waals surface area contributed by atoms with Crippen LogP contribution in [0.15, 0.2) is 0 Å². The second-order valence-electron chi connectivity index (χ2n) is 3.96. The van der Waals surface area contributed by atoms with E-state index in [-0.39, 0.29) is 0 Å². The number of methoxy groups -OCH3 is 1. The number of hydrogen-bond acceptors (Lipinski definition) is 5. The number of hydrogen-bond donors (Lipinski definition) is 1. The van der Waals surface area contributed by atoms with Gasteiger partial charge in [-0.15, -0.1) is 11.3 Å². The molecule has 0 saturated carbocycles. The molecule has 1 N–H and O–H groups in total. The van der Waals surface area contributed by atoms with E-state index in [2.05, 4.69) is 24.1 Å². The van der Waals surface area contributed by atoms with Gasteiger partial charge >= 0.3 is 0 Å². The van der Waals surface area contributed by atoms with Crippen LogP contribution in [0.4, 0.5) is 0 Å². The molecule has 1 atom stereocenters. The Morgan fingerprint density at radius 2 is 2.06 bits per heavy atom. The first-order valence-corrected chi connectivity index (χ1v) is 6.70. The Bertz CT molecular complexity index is 328. The number of nitrogens with zero attached hydrogens (tertiary/aromatic N) is 1. The molecule has 0 amide bonds. The van der Waals surface area contributed by atoms with Crippen LogP contribution in [0.3, 0.4) is 0 Å². The summed E-state index contributed by atoms with van der Waals surface area (Å²) in [5, 5.41) is 4.56. The van der Waals surface area contributed by atoms with Crippen LogP contribution in [0, 0.1) is 13.8 Å². The zero-order valence-corrected chi connectivity index (χ0v) is 11.9. The average Bonchev–Trinajstić information content (AvgIpc) is 2.62. The lowest BCUT2D eigenvalue weighted by Crippen LogP contribution is -2.23. The van der Waals surface area contributed by atoms with Gasteiger partial charge in [-0.2, -0.15) is 0 Å². The standard InChI is InChI=1S/C12H22N2O2S/c1-9(12-10(2)14-11(3)17-12)13-5-6-16-8-7-15-4/h9,13H,5-8H2,1-4H3. The molecule has 0 saturated heterocycles. The fraction of sp³-hybridized carbons (Fsp3) is 0.750. The van der Waals surface area contributed by atoms with Gasteiger partial charge in [0.15, 0.2) is 0 Å². The molecule has 1 rings (SSSR count). The molecule has 1 unspecified atom stereocenters. The van der Waals surface area contributed by atoms with Gasteiger partial charge in [-0.3, -0.25) is 0 Å². The van der Waals surface area contributed by atoms with Crippen molar-refractivity contribution in [2.75, 3.05) is 33.5 Å². The van der Waals surface area contributed by atoms with Crippen LogP contribution in [0.2, 0.25) is 0 Å². The van der Waals surface area contributed by atoms with Crippen molar-refractivity contribution in [3.8, 4) is 0 Å². The molecule has 0 fully saturated rings. The van der Waals surface area contributed by atoms with Crippen molar-refractivity contribution in [1.29, 1.82) is 0 Å². The van der Waals surface area contributed by atoms with Gasteiger partial charge in [0.2, 0.25) is 0 Å². The molecule has 0 spiro atoms. The minimum Gasteiger partial charge on any atom is -0.382 e. The van der Waals surface area contributed by atoms with Crippen molar-refractivity contribution in [2.45, 2.75) is 26.8 Å². The van der Waals surface area contributed by atoms with Crippen LogP contribution in [0.1, 0.15) is 28.5 Å². The number of aryl methyl sites for hydroxylation is 2. The molecule has 17 heavy (non-hydrogen) atoms. The highest BCUT2D eigenvalue weighted by atomic mass is 32.1. The fourth-order valence-electron chi connectivity index (χ4n) is 1.63. The summed E-state index contributed by atoms with van der Waals surface area (Å²) in [5.74, 6) is 0. The van der Waals surface area contributed by atoms with Crippen LogP contribution in [-0.4, -0.2) is 38.5 Å². The van der Waals surface area contributed by atoms with E-state index in [1.54, 1.807) is 18.4 Å². The highest BCUT2D eigenvalue weighted by Crippen LogP contribution is 2.23. The Morgan fingerprint density at radius 1 is 1.29 bits per heavy atom. The summed E-state index contributed by atoms with van der Waals surface area (Å²) in [5.41, 5.74) is 1.13. The van der Waals surface area contributed by atoms with Gasteiger partial charge in [-0.05, 0) is 20.8 Å². The molecule has 0 aliphatic rings. The molecule has 0 bridgehead atoms. The Labute approximate surface area is 107 Å². The SMILES string of the molecule is COCCOCCNC(C)c1sc(C)nc1C. The minimum absolute atomic E-state index is 0.340. The highest BCUT2D eigenvalue weighted by Gasteiger charge is 2.11. The van der Waals surface area contributed by atoms with E-state index in [1.165, 1.54) is 4.88 Å². The molecular formula is C12H22N2O2S. The number of rotatable bonds is 8. The summed E-state index contributed by atoms with van der Waals surface area (Å²) in [6.45, 7) is 9.14. The fourth-order valence-corrected chi connectivity index (χ4v) is 2.59. The zero-order chi connectivity index (χ0) is 12.7. The Morgan fingerprint density at radius 3 is 2.65 bits per heavy atom. The van der Waals surface area contributed by atoms with Crippen LogP contribution in [0.25, 0.3) is 0 Å². The van der Waals surface area contributed by atoms with E-state index in [0.717, 1.165) is 17.2 Å². The largest absolute Gasteiger partial charge is 0.382 e. The molecule has 98 valence electrons. The third kappa shape index (κ3) is 5.12. The second-order valence-corrected chi connectivity index (χ2v) is 5.20. The number of nitrogens with one attached hydrogen (secondary N) is 1. The summed E-state index contributed by atoms with van der Waals surface area (Å²) in [6.07, 6.45) is 0. The van der Waals surface area contributed by atoms with Gasteiger partial charge in [-0.25, -0.2) is 4.98 Å². The normalized spacial score (nSPS) is 12.9. The molecule has 5 heteroatoms. The maximum absolute atomic E-state index is 5.40. The molecule has 1 heterocycles. The topological polar surface area (TPSA) is 43.4 Å². The predicted octanol–water partition coefficient (Wildman–Crippen LogP) is 2.07. The molecule has 1 aromatic heterocycles. The quantitative estimate of drug-likeness (QED) is 0.725. The van der Waals surface area contributed by atoms with E-state index < -0.39 is 0 Å². The van der Waals surface area contributed by atoms with Crippen molar-refractivity contribution >= 4 is 11.3 Å². The number of aromatic nitrogens is 1. The average molecular weight is 258 g/mol. The first-order chi connectivity index (χ1) is 8.15. The van der Waals surface area contributed by atoms with Crippen LogP contribution in [0.5, 0.6) is 0 Å². The molecule has 4 nitrogen and oxygen atoms in total. The van der Waals surface area contributed by atoms with Crippen molar-refractivity contribution in [3.63, 3.8) is 0 Å². The van der Waals surface area contributed by atoms with Crippen molar-refractivity contribution in [1.82, 2.24) is 10.3 Å². The summed E-state index contributed by atoms with van der Waals surface area (Å²) >= 11 is 1.76. The molecule has 0 aliphatic carbocycles. The lowest BCUT2D eigenvalue weighted by Gasteiger charge is -2.12. The van der Waals surface area contributed by atoms with E-state index in [0.29, 0.717) is 25.9 Å². The third-order valence-corrected chi connectivity index (χ3v) is 3.72. The summed E-state index contributed by atoms with van der Waals surface area (Å²) in [6, 6.07) is 0.340. The third-order valence-electron chi connectivity index (χ3n) is 2.46. The zero-order valence-electron chi connectivity index (χ0n) is 11.1. The Kier molecular flexibility index (Phi) is 6.65. The van der Waals surface area contributed by atoms with Crippen LogP contribution in [-0.2, 0) is 9.47 Å². The number of ether oxygens (including phenoxy) is 2. The van der Waals surface area contributed by atoms with E-state index in [4.69, 9.17) is 9.47 Å². The van der Waals surface area contributed by atoms with E-state index in [9.17, 15) is 0 Å². The van der Waals surface area contributed by atoms with Crippen molar-refractivity contribution < 1.29 is 9.47 Å². The number of thiazole rings is 1. The molecule has 0 aromatic carbocycles. The van der Waals surface area contributed by atoms with Crippen LogP contribution >= 0.6 is 11.3 Å². The van der Waals surface area contributed by atoms with Crippen molar-refractivity contribution in [2.24, 2.45) is 0 Å². The van der Waals surface area contributed by atoms with Gasteiger partial charge in [0, 0.05) is 24.6 Å². The summed E-state index contributed by atoms with van der Waals surface area (Å²) in [4.78, 5) is 5.75. The lowest BCUT2D eigenvalue weighted by molar-refractivity contribution is 0.0712. The molecule has 1 aromatic rings. The van der Waals surface area contributed by atoms with Crippen LogP contribution < -0.4 is 5.32 Å². The first kappa shape index (κ1) is 14.6. The van der Waals surface area contributed by atoms with Gasteiger partial charge in [0.05, 0.1) is 30.5 Å². The van der Waals surface area contributed by atoms with E-state index in [1.807, 2.05) is 6.92 Å². The van der Waals surface area contributed by atoms with E-state index >= 15 is 0 Å². The van der Waals surface area contributed by atoms with Gasteiger partial charge in [0.25, 0.3) is 0 Å². The first-order valence-electron chi connectivity index (χ1n) is 5.89. The van der Waals surface area contributed by atoms with Crippen molar-refractivity contribution in [3.05, 3.63) is 15.6 Å². The summed E-state index contributed by atoms with van der Waals surface area (Å²) in [7, 11) is 1.68. The van der Waals surface area contributed by atoms with Gasteiger partial charge in [0.1, 0.15) is 0 Å². The maximum Gasteiger partial charge on any atom is 0.0900 e. The highest BCUT2D eigenvalue weighted by molar-refractivity contribution is 7.11. The Balaban J connectivity index is 2.21. The lowest BCUT2D eigenvalue weighted by atomic mass is 10.2. The minimum atomic E-state index is 0.340. The predicted molar refractivity (Wildman–Crippen MR) is 70.7 cm³/mol. The maximum atomic E-state index is 5.40. The Hall–Kier alpha value is -0.490. The second kappa shape index (κ2) is 7.76. The monoisotopic (exact) mass is 258 g/mol. The summed E-state index contributed by atoms with van der Waals surface area (Å²) < 4.78 is 10.3. The molecular weight excluding hydrogens is 236 g/mol. The molecule has 0 aliphatic heterocycles.